The number of benzene rings is 1. The fourth-order valence-corrected chi connectivity index (χ4v) is 1.58. The Morgan fingerprint density at radius 1 is 1.16 bits per heavy atom. The molecule has 0 atom stereocenters. The molecule has 0 saturated heterocycles. The minimum absolute atomic E-state index is 0.122. The summed E-state index contributed by atoms with van der Waals surface area (Å²) in [6.45, 7) is -0.246. The Labute approximate surface area is 105 Å². The first-order chi connectivity index (χ1) is 8.38. The number of methoxy groups -OCH3 is 1. The van der Waals surface area contributed by atoms with Crippen LogP contribution >= 0.6 is 10.5 Å². The van der Waals surface area contributed by atoms with Crippen molar-refractivity contribution in [1.82, 2.24) is 0 Å². The van der Waals surface area contributed by atoms with Gasteiger partial charge in [-0.05, 0) is 24.3 Å². The molecule has 110 valence electrons. The maximum atomic E-state index is 12.0. The molecule has 0 aliphatic carbocycles. The lowest BCUT2D eigenvalue weighted by Crippen LogP contribution is -2.17. The predicted molar refractivity (Wildman–Crippen MR) is 60.7 cm³/mol. The Balaban J connectivity index is 2.76. The van der Waals surface area contributed by atoms with Crippen LogP contribution in [0, 0.1) is 0 Å². The first kappa shape index (κ1) is 15.5. The van der Waals surface area contributed by atoms with E-state index in [1.165, 1.54) is 7.11 Å². The maximum Gasteiger partial charge on any atom is 0.435 e. The minimum atomic E-state index is -9.96. The highest BCUT2D eigenvalue weighted by Crippen LogP contribution is 2.97. The largest absolute Gasteiger partial charge is 0.435 e. The quantitative estimate of drug-likeness (QED) is 0.840. The number of nitrogens with one attached hydrogen (secondary N) is 1. The van der Waals surface area contributed by atoms with Gasteiger partial charge in [0.2, 0.25) is 5.91 Å². The second-order valence-corrected chi connectivity index (χ2v) is 5.45. The van der Waals surface area contributed by atoms with E-state index < -0.39 is 22.2 Å². The molecule has 0 unspecified atom stereocenters. The van der Waals surface area contributed by atoms with Crippen LogP contribution in [0.2, 0.25) is 0 Å². The van der Waals surface area contributed by atoms with Crippen molar-refractivity contribution in [1.29, 1.82) is 0 Å². The zero-order valence-corrected chi connectivity index (χ0v) is 10.4. The average Bonchev–Trinajstić information content (AvgIpc) is 2.17. The smallest absolute Gasteiger partial charge is 0.375 e. The SMILES string of the molecule is COCC(=O)Nc1ccc(OS(F)(F)(F)(F)F)cc1. The molecule has 1 N–H and O–H groups in total. The van der Waals surface area contributed by atoms with Crippen LogP contribution in [0.25, 0.3) is 0 Å². The van der Waals surface area contributed by atoms with Gasteiger partial charge in [-0.2, -0.15) is 0 Å². The summed E-state index contributed by atoms with van der Waals surface area (Å²) < 4.78 is 67.4. The third-order valence-corrected chi connectivity index (χ3v) is 2.17. The van der Waals surface area contributed by atoms with Crippen LogP contribution in [0.15, 0.2) is 24.3 Å². The van der Waals surface area contributed by atoms with Gasteiger partial charge >= 0.3 is 10.5 Å². The summed E-state index contributed by atoms with van der Waals surface area (Å²) in [5, 5.41) is 2.27. The zero-order valence-electron chi connectivity index (χ0n) is 9.54. The van der Waals surface area contributed by atoms with Crippen molar-refractivity contribution in [2.75, 3.05) is 19.0 Å². The second-order valence-electron chi connectivity index (χ2n) is 3.49. The minimum Gasteiger partial charge on any atom is -0.375 e. The van der Waals surface area contributed by atoms with Gasteiger partial charge in [0.05, 0.1) is 0 Å². The van der Waals surface area contributed by atoms with E-state index in [-0.39, 0.29) is 12.3 Å². The van der Waals surface area contributed by atoms with Gasteiger partial charge in [0.25, 0.3) is 0 Å². The molecule has 0 aliphatic rings. The number of amides is 1. The number of halogens is 5. The third kappa shape index (κ3) is 6.82. The highest BCUT2D eigenvalue weighted by Gasteiger charge is 2.67. The summed E-state index contributed by atoms with van der Waals surface area (Å²) in [4.78, 5) is 11.1. The molecule has 10 heteroatoms. The average molecular weight is 307 g/mol. The lowest BCUT2D eigenvalue weighted by Gasteiger charge is -2.39. The van der Waals surface area contributed by atoms with E-state index in [0.717, 1.165) is 12.1 Å². The summed E-state index contributed by atoms with van der Waals surface area (Å²) in [5.74, 6) is -1.60. The maximum absolute atomic E-state index is 12.0. The Morgan fingerprint density at radius 2 is 1.68 bits per heavy atom. The van der Waals surface area contributed by atoms with E-state index in [0.29, 0.717) is 12.1 Å². The fraction of sp³-hybridized carbons (Fsp3) is 0.222. The molecule has 1 amide bonds. The summed E-state index contributed by atoms with van der Waals surface area (Å²) in [5.41, 5.74) is 0.122. The lowest BCUT2D eigenvalue weighted by molar-refractivity contribution is -0.119. The number of carbonyl (C=O) groups excluding carboxylic acids is 1. The normalized spacial score (nSPS) is 15.3. The summed E-state index contributed by atoms with van der Waals surface area (Å²) in [6, 6.07) is 3.32. The molecule has 0 saturated carbocycles. The molecule has 1 aromatic carbocycles. The van der Waals surface area contributed by atoms with Gasteiger partial charge in [-0.15, -0.1) is 0 Å². The van der Waals surface area contributed by atoms with Crippen LogP contribution in [-0.4, -0.2) is 19.6 Å². The van der Waals surface area contributed by atoms with Gasteiger partial charge in [0, 0.05) is 12.8 Å². The predicted octanol–water partition coefficient (Wildman–Crippen LogP) is 3.86. The molecule has 0 bridgehead atoms. The number of hydrogen-bond donors (Lipinski definition) is 1. The van der Waals surface area contributed by atoms with Crippen molar-refractivity contribution in [3.8, 4) is 5.75 Å². The van der Waals surface area contributed by atoms with Crippen LogP contribution < -0.4 is 9.50 Å². The second kappa shape index (κ2) is 4.23. The van der Waals surface area contributed by atoms with Crippen LogP contribution in [0.1, 0.15) is 0 Å². The molecule has 1 aromatic rings. The number of anilines is 1. The van der Waals surface area contributed by atoms with Crippen LogP contribution in [0.4, 0.5) is 25.1 Å². The summed E-state index contributed by atoms with van der Waals surface area (Å²) in [7, 11) is -8.68. The molecular formula is C9H10F5NO3S. The van der Waals surface area contributed by atoms with E-state index in [1.807, 2.05) is 0 Å². The molecule has 0 aliphatic heterocycles. The molecule has 19 heavy (non-hydrogen) atoms. The zero-order chi connectivity index (χ0) is 14.8. The lowest BCUT2D eigenvalue weighted by atomic mass is 10.3. The highest BCUT2D eigenvalue weighted by atomic mass is 32.5. The summed E-state index contributed by atoms with van der Waals surface area (Å²) >= 11 is 0. The number of rotatable bonds is 5. The van der Waals surface area contributed by atoms with E-state index >= 15 is 0 Å². The van der Waals surface area contributed by atoms with E-state index in [1.54, 1.807) is 0 Å². The molecule has 0 spiro atoms. The highest BCUT2D eigenvalue weighted by molar-refractivity contribution is 8.42. The van der Waals surface area contributed by atoms with Crippen molar-refractivity contribution in [2.45, 2.75) is 0 Å². The molecule has 0 radical (unpaired) electrons. The van der Waals surface area contributed by atoms with Crippen molar-refractivity contribution in [3.05, 3.63) is 24.3 Å². The van der Waals surface area contributed by atoms with Crippen molar-refractivity contribution < 1.29 is 33.1 Å². The molecule has 1 rings (SSSR count). The first-order valence-electron chi connectivity index (χ1n) is 4.72. The van der Waals surface area contributed by atoms with Crippen molar-refractivity contribution in [2.24, 2.45) is 0 Å². The van der Waals surface area contributed by atoms with E-state index in [2.05, 4.69) is 14.2 Å². The van der Waals surface area contributed by atoms with Crippen LogP contribution in [0.3, 0.4) is 0 Å². The Morgan fingerprint density at radius 3 is 2.11 bits per heavy atom. The Kier molecular flexibility index (Phi) is 3.46. The standard InChI is InChI=1S/C9H10F5NO3S/c1-17-6-9(16)15-7-2-4-8(5-3-7)18-19(10,11,12,13)14/h2-5H,6H2,1H3,(H,15,16). The third-order valence-electron chi connectivity index (χ3n) is 1.67. The van der Waals surface area contributed by atoms with Gasteiger partial charge in [0.15, 0.2) is 0 Å². The van der Waals surface area contributed by atoms with Gasteiger partial charge in [-0.3, -0.25) is 4.79 Å². The Bertz CT molecular complexity index is 472. The van der Waals surface area contributed by atoms with Crippen LogP contribution in [0.5, 0.6) is 5.75 Å². The van der Waals surface area contributed by atoms with Crippen molar-refractivity contribution in [3.63, 3.8) is 0 Å². The molecule has 4 nitrogen and oxygen atoms in total. The van der Waals surface area contributed by atoms with E-state index in [9.17, 15) is 24.2 Å². The summed E-state index contributed by atoms with van der Waals surface area (Å²) in [6.07, 6.45) is 0. The first-order valence-corrected chi connectivity index (χ1v) is 6.59. The van der Waals surface area contributed by atoms with Crippen molar-refractivity contribution >= 4 is 22.1 Å². The van der Waals surface area contributed by atoms with Gasteiger partial charge in [-0.25, -0.2) is 0 Å². The van der Waals surface area contributed by atoms with Crippen LogP contribution in [-0.2, 0) is 9.53 Å². The van der Waals surface area contributed by atoms with Gasteiger partial charge < -0.3 is 14.2 Å². The topological polar surface area (TPSA) is 47.6 Å². The monoisotopic (exact) mass is 307 g/mol. The Hall–Kier alpha value is -1.55. The van der Waals surface area contributed by atoms with E-state index in [4.69, 9.17) is 0 Å². The number of carbonyl (C=O) groups is 1. The molecule has 0 heterocycles. The molecule has 0 aromatic heterocycles. The number of ether oxygens (including phenoxy) is 1. The van der Waals surface area contributed by atoms with Gasteiger partial charge in [-0.1, -0.05) is 19.4 Å². The van der Waals surface area contributed by atoms with Gasteiger partial charge in [0.1, 0.15) is 12.4 Å². The molecule has 0 fully saturated rings. The fourth-order valence-electron chi connectivity index (χ4n) is 1.10. The molecular weight excluding hydrogens is 297 g/mol. The number of hydrogen-bond acceptors (Lipinski definition) is 3.